The molecule has 5 heteroatoms. The van der Waals surface area contributed by atoms with Crippen molar-refractivity contribution < 1.29 is 7.16 Å². The third-order valence-corrected chi connectivity index (χ3v) is 9.30. The van der Waals surface area contributed by atoms with Crippen molar-refractivity contribution in [3.8, 4) is 51.0 Å². The molecule has 0 unspecified atom stereocenters. The van der Waals surface area contributed by atoms with Gasteiger partial charge in [-0.3, -0.25) is 0 Å². The van der Waals surface area contributed by atoms with E-state index in [-0.39, 0.29) is 0 Å². The third kappa shape index (κ3) is 4.52. The zero-order valence-electron chi connectivity index (χ0n) is 28.7. The monoisotopic (exact) mass is 642 g/mol. The third-order valence-electron chi connectivity index (χ3n) is 9.30. The van der Waals surface area contributed by atoms with E-state index in [2.05, 4.69) is 36.4 Å². The molecule has 0 atom stereocenters. The van der Waals surface area contributed by atoms with Crippen molar-refractivity contribution >= 4 is 43.7 Å². The fourth-order valence-electron chi connectivity index (χ4n) is 6.99. The zero-order chi connectivity index (χ0) is 34.8. The highest BCUT2D eigenvalue weighted by molar-refractivity contribution is 6.11. The Labute approximate surface area is 290 Å². The van der Waals surface area contributed by atoms with E-state index in [0.29, 0.717) is 40.6 Å². The van der Waals surface area contributed by atoms with Crippen molar-refractivity contribution in [2.75, 3.05) is 0 Å². The summed E-state index contributed by atoms with van der Waals surface area (Å²) in [6.07, 6.45) is 0. The molecular weight excluding hydrogens is 613 g/mol. The molecule has 0 spiro atoms. The molecule has 50 heavy (non-hydrogen) atoms. The first-order valence-corrected chi connectivity index (χ1v) is 16.5. The van der Waals surface area contributed by atoms with Gasteiger partial charge in [-0.05, 0) is 35.8 Å². The number of benzene rings is 7. The summed E-state index contributed by atoms with van der Waals surface area (Å²) in [5, 5.41) is 3.90. The Morgan fingerprint density at radius 2 is 1.00 bits per heavy atom. The molecular formula is C45H28N4O. The van der Waals surface area contributed by atoms with Gasteiger partial charge >= 0.3 is 0 Å². The second kappa shape index (κ2) is 11.4. The molecule has 5 nitrogen and oxygen atoms in total. The number of para-hydroxylation sites is 4. The Hall–Kier alpha value is -6.85. The van der Waals surface area contributed by atoms with Gasteiger partial charge in [-0.15, -0.1) is 0 Å². The minimum absolute atomic E-state index is 0.356. The predicted molar refractivity (Wildman–Crippen MR) is 203 cm³/mol. The molecule has 3 aromatic heterocycles. The van der Waals surface area contributed by atoms with Crippen LogP contribution in [-0.4, -0.2) is 19.5 Å². The average molecular weight is 643 g/mol. The van der Waals surface area contributed by atoms with Crippen LogP contribution in [0.25, 0.3) is 94.7 Å². The molecule has 0 saturated carbocycles. The van der Waals surface area contributed by atoms with E-state index in [9.17, 15) is 2.74 Å². The Kier molecular flexibility index (Phi) is 5.96. The van der Waals surface area contributed by atoms with Gasteiger partial charge in [0.2, 0.25) is 0 Å². The van der Waals surface area contributed by atoms with Crippen molar-refractivity contribution in [1.29, 1.82) is 0 Å². The molecule has 10 rings (SSSR count). The number of aromatic nitrogens is 4. The lowest BCUT2D eigenvalue weighted by atomic mass is 9.99. The van der Waals surface area contributed by atoms with E-state index < -0.39 is 0 Å². The maximum atomic E-state index is 9.17. The number of rotatable bonds is 5. The van der Waals surface area contributed by atoms with Crippen molar-refractivity contribution in [2.45, 2.75) is 0 Å². The summed E-state index contributed by atoms with van der Waals surface area (Å²) in [5.74, 6) is 1.59. The van der Waals surface area contributed by atoms with Gasteiger partial charge in [-0.25, -0.2) is 15.0 Å². The molecule has 0 aliphatic heterocycles. The lowest BCUT2D eigenvalue weighted by molar-refractivity contribution is 0.670. The van der Waals surface area contributed by atoms with Gasteiger partial charge in [-0.1, -0.05) is 140 Å². The lowest BCUT2D eigenvalue weighted by Gasteiger charge is -2.16. The van der Waals surface area contributed by atoms with Crippen LogP contribution in [0.2, 0.25) is 0 Å². The van der Waals surface area contributed by atoms with Crippen LogP contribution in [-0.2, 0) is 0 Å². The summed E-state index contributed by atoms with van der Waals surface area (Å²) < 4.78 is 26.9. The standard InChI is InChI=1S/C45H28N4O/c1-3-14-29(15-4-1)43-46-44(30-16-5-2-6-17-30)48-45(47-43)37-27-26-31(32-21-13-22-36-35-20-9-12-25-41(35)50-42(32)36)28-40(37)49-38-23-10-7-18-33(38)34-19-8-11-24-39(34)49/h1-28H/i23D,24D. The van der Waals surface area contributed by atoms with Crippen molar-refractivity contribution in [2.24, 2.45) is 0 Å². The quantitative estimate of drug-likeness (QED) is 0.187. The van der Waals surface area contributed by atoms with Gasteiger partial charge < -0.3 is 8.98 Å². The number of fused-ring (bicyclic) bond motifs is 6. The summed E-state index contributed by atoms with van der Waals surface area (Å²) in [5.41, 5.74) is 8.12. The first kappa shape index (κ1) is 26.1. The van der Waals surface area contributed by atoms with Crippen LogP contribution >= 0.6 is 0 Å². The van der Waals surface area contributed by atoms with Crippen LogP contribution in [0.4, 0.5) is 0 Å². The first-order chi connectivity index (χ1) is 25.6. The lowest BCUT2D eigenvalue weighted by Crippen LogP contribution is -2.04. The van der Waals surface area contributed by atoms with Crippen LogP contribution < -0.4 is 0 Å². The Balaban J connectivity index is 1.32. The summed E-state index contributed by atoms with van der Waals surface area (Å²) >= 11 is 0. The SMILES string of the molecule is [2H]c1cccc2c3cccc([2H])c3n(-c3cc(-c4cccc5c4oc4ccccc45)ccc3-c3nc(-c4ccccc4)nc(-c4ccccc4)n3)c12. The molecule has 10 aromatic rings. The molecule has 0 radical (unpaired) electrons. The molecule has 0 aliphatic carbocycles. The van der Waals surface area contributed by atoms with E-state index in [1.165, 1.54) is 0 Å². The Morgan fingerprint density at radius 1 is 0.440 bits per heavy atom. The predicted octanol–water partition coefficient (Wildman–Crippen LogP) is 11.5. The molecule has 0 bridgehead atoms. The first-order valence-electron chi connectivity index (χ1n) is 17.5. The highest BCUT2D eigenvalue weighted by atomic mass is 16.3. The smallest absolute Gasteiger partial charge is 0.166 e. The van der Waals surface area contributed by atoms with E-state index in [1.54, 1.807) is 12.1 Å². The molecule has 3 heterocycles. The second-order valence-electron chi connectivity index (χ2n) is 12.3. The van der Waals surface area contributed by atoms with Gasteiger partial charge in [0.25, 0.3) is 0 Å². The van der Waals surface area contributed by atoms with Crippen LogP contribution in [0.15, 0.2) is 174 Å². The van der Waals surface area contributed by atoms with Crippen LogP contribution in [0.1, 0.15) is 2.74 Å². The highest BCUT2D eigenvalue weighted by Crippen LogP contribution is 2.41. The summed E-state index contributed by atoms with van der Waals surface area (Å²) in [6.45, 7) is 0. The van der Waals surface area contributed by atoms with Gasteiger partial charge in [0.15, 0.2) is 17.5 Å². The molecule has 0 aliphatic rings. The second-order valence-corrected chi connectivity index (χ2v) is 12.3. The fraction of sp³-hybridized carbons (Fsp3) is 0. The van der Waals surface area contributed by atoms with Crippen molar-refractivity contribution in [3.05, 3.63) is 170 Å². The van der Waals surface area contributed by atoms with Crippen LogP contribution in [0, 0.1) is 0 Å². The zero-order valence-corrected chi connectivity index (χ0v) is 26.7. The van der Waals surface area contributed by atoms with Crippen LogP contribution in [0.3, 0.4) is 0 Å². The summed E-state index contributed by atoms with van der Waals surface area (Å²) in [6, 6.07) is 52.5. The highest BCUT2D eigenvalue weighted by Gasteiger charge is 2.21. The van der Waals surface area contributed by atoms with Crippen molar-refractivity contribution in [1.82, 2.24) is 19.5 Å². The Morgan fingerprint density at radius 3 is 1.68 bits per heavy atom. The molecule has 0 amide bonds. The number of hydrogen-bond donors (Lipinski definition) is 0. The van der Waals surface area contributed by atoms with Crippen LogP contribution in [0.5, 0.6) is 0 Å². The molecule has 0 fully saturated rings. The van der Waals surface area contributed by atoms with E-state index in [1.807, 2.05) is 114 Å². The van der Waals surface area contributed by atoms with Gasteiger partial charge in [0.1, 0.15) is 11.2 Å². The topological polar surface area (TPSA) is 56.7 Å². The normalized spacial score (nSPS) is 12.2. The number of nitrogens with zero attached hydrogens (tertiary/aromatic N) is 4. The largest absolute Gasteiger partial charge is 0.455 e. The minimum atomic E-state index is 0.356. The fourth-order valence-corrected chi connectivity index (χ4v) is 6.99. The molecule has 234 valence electrons. The minimum Gasteiger partial charge on any atom is -0.455 e. The number of furan rings is 1. The van der Waals surface area contributed by atoms with Crippen molar-refractivity contribution in [3.63, 3.8) is 0 Å². The van der Waals surface area contributed by atoms with Gasteiger partial charge in [0, 0.05) is 43.8 Å². The average Bonchev–Trinajstić information content (AvgIpc) is 3.76. The van der Waals surface area contributed by atoms with E-state index in [0.717, 1.165) is 66.2 Å². The summed E-state index contributed by atoms with van der Waals surface area (Å²) in [7, 11) is 0. The number of hydrogen-bond acceptors (Lipinski definition) is 4. The maximum Gasteiger partial charge on any atom is 0.166 e. The van der Waals surface area contributed by atoms with E-state index in [4.69, 9.17) is 19.4 Å². The van der Waals surface area contributed by atoms with Gasteiger partial charge in [0.05, 0.1) is 19.5 Å². The molecule has 0 saturated heterocycles. The van der Waals surface area contributed by atoms with Gasteiger partial charge in [-0.2, -0.15) is 0 Å². The van der Waals surface area contributed by atoms with E-state index >= 15 is 0 Å². The summed E-state index contributed by atoms with van der Waals surface area (Å²) in [4.78, 5) is 15.2. The maximum absolute atomic E-state index is 9.17. The molecule has 0 N–H and O–H groups in total. The Bertz CT molecular complexity index is 2870. The molecule has 7 aromatic carbocycles.